The Morgan fingerprint density at radius 1 is 1.11 bits per heavy atom. The fourth-order valence-electron chi connectivity index (χ4n) is 2.70. The number of nitrogens with two attached hydrogens (primary N) is 1. The molecule has 0 bridgehead atoms. The highest BCUT2D eigenvalue weighted by atomic mass is 16.5. The average molecular weight is 369 g/mol. The second-order valence-corrected chi connectivity index (χ2v) is 6.33. The molecule has 144 valence electrons. The van der Waals surface area contributed by atoms with Crippen molar-refractivity contribution in [2.45, 2.75) is 13.0 Å². The van der Waals surface area contributed by atoms with Gasteiger partial charge in [0.15, 0.2) is 0 Å². The van der Waals surface area contributed by atoms with Crippen molar-refractivity contribution in [2.75, 3.05) is 33.9 Å². The zero-order chi connectivity index (χ0) is 19.6. The molecule has 0 aromatic heterocycles. The summed E-state index contributed by atoms with van der Waals surface area (Å²) in [5.41, 5.74) is 9.10. The average Bonchev–Trinajstić information content (AvgIpc) is 2.70. The maximum Gasteiger partial charge on any atom is 0.251 e. The number of ether oxygens (including phenoxy) is 1. The van der Waals surface area contributed by atoms with Crippen molar-refractivity contribution in [1.29, 1.82) is 0 Å². The second-order valence-electron chi connectivity index (χ2n) is 6.33. The molecule has 0 heterocycles. The molecule has 3 N–H and O–H groups in total. The van der Waals surface area contributed by atoms with Crippen molar-refractivity contribution in [3.8, 4) is 11.1 Å². The number of rotatable bonds is 9. The van der Waals surface area contributed by atoms with Gasteiger partial charge in [-0.15, -0.1) is 0 Å². The first kappa shape index (κ1) is 20.6. The zero-order valence-corrected chi connectivity index (χ0v) is 15.9. The van der Waals surface area contributed by atoms with Gasteiger partial charge in [0.1, 0.15) is 0 Å². The van der Waals surface area contributed by atoms with Gasteiger partial charge in [0.2, 0.25) is 5.91 Å². The number of nitrogens with zero attached hydrogens (tertiary/aromatic N) is 1. The predicted molar refractivity (Wildman–Crippen MR) is 106 cm³/mol. The maximum absolute atomic E-state index is 12.1. The minimum Gasteiger partial charge on any atom is -0.385 e. The lowest BCUT2D eigenvalue weighted by Crippen LogP contribution is -2.32. The van der Waals surface area contributed by atoms with Crippen LogP contribution in [0.3, 0.4) is 0 Å². The molecule has 6 heteroatoms. The molecule has 2 rings (SSSR count). The van der Waals surface area contributed by atoms with Gasteiger partial charge in [-0.05, 0) is 41.3 Å². The summed E-state index contributed by atoms with van der Waals surface area (Å²) >= 11 is 0. The molecule has 0 atom stereocenters. The first-order valence-electron chi connectivity index (χ1n) is 8.95. The van der Waals surface area contributed by atoms with Crippen molar-refractivity contribution in [3.05, 3.63) is 59.7 Å². The highest BCUT2D eigenvalue weighted by Crippen LogP contribution is 2.21. The molecule has 0 aliphatic heterocycles. The van der Waals surface area contributed by atoms with Crippen molar-refractivity contribution in [2.24, 2.45) is 5.73 Å². The largest absolute Gasteiger partial charge is 0.385 e. The Balaban J connectivity index is 2.03. The van der Waals surface area contributed by atoms with Crippen LogP contribution in [0.15, 0.2) is 48.5 Å². The molecular formula is C21H27N3O3. The Morgan fingerprint density at radius 2 is 1.85 bits per heavy atom. The fraction of sp³-hybridized carbons (Fsp3) is 0.333. The lowest BCUT2D eigenvalue weighted by atomic mass is 10.0. The summed E-state index contributed by atoms with van der Waals surface area (Å²) in [6.07, 6.45) is 0.786. The highest BCUT2D eigenvalue weighted by molar-refractivity contribution is 5.94. The highest BCUT2D eigenvalue weighted by Gasteiger charge is 2.09. The molecule has 2 aromatic carbocycles. The Morgan fingerprint density at radius 3 is 2.52 bits per heavy atom. The van der Waals surface area contributed by atoms with Gasteiger partial charge in [-0.3, -0.25) is 9.59 Å². The minimum absolute atomic E-state index is 0.00514. The first-order chi connectivity index (χ1) is 13.0. The number of benzene rings is 2. The summed E-state index contributed by atoms with van der Waals surface area (Å²) in [5, 5.41) is 2.87. The van der Waals surface area contributed by atoms with Crippen LogP contribution in [0.25, 0.3) is 11.1 Å². The lowest BCUT2D eigenvalue weighted by Gasteiger charge is -2.16. The van der Waals surface area contributed by atoms with Crippen molar-refractivity contribution >= 4 is 11.8 Å². The molecule has 0 aliphatic carbocycles. The number of carbonyl (C=O) groups excluding carboxylic acids is 2. The Hall–Kier alpha value is -2.70. The van der Waals surface area contributed by atoms with E-state index in [1.165, 1.54) is 0 Å². The topological polar surface area (TPSA) is 84.7 Å². The van der Waals surface area contributed by atoms with E-state index in [1.54, 1.807) is 19.1 Å². The first-order valence-corrected chi connectivity index (χ1v) is 8.95. The summed E-state index contributed by atoms with van der Waals surface area (Å²) in [4.78, 5) is 25.4. The molecule has 2 aromatic rings. The number of likely N-dealkylation sites (N-methyl/N-ethyl adjacent to an activating group) is 1. The Bertz CT molecular complexity index is 760. The van der Waals surface area contributed by atoms with E-state index in [9.17, 15) is 9.59 Å². The monoisotopic (exact) mass is 369 g/mol. The predicted octanol–water partition coefficient (Wildman–Crippen LogP) is 2.04. The summed E-state index contributed by atoms with van der Waals surface area (Å²) in [6, 6.07) is 15.5. The van der Waals surface area contributed by atoms with Crippen LogP contribution in [0.1, 0.15) is 22.3 Å². The molecule has 0 spiro atoms. The molecule has 0 unspecified atom stereocenters. The van der Waals surface area contributed by atoms with E-state index in [-0.39, 0.29) is 18.4 Å². The Labute approximate surface area is 160 Å². The van der Waals surface area contributed by atoms with Crippen molar-refractivity contribution < 1.29 is 14.3 Å². The Kier molecular flexibility index (Phi) is 7.98. The lowest BCUT2D eigenvalue weighted by molar-refractivity contribution is -0.128. The van der Waals surface area contributed by atoms with E-state index in [4.69, 9.17) is 10.5 Å². The van der Waals surface area contributed by atoms with E-state index >= 15 is 0 Å². The summed E-state index contributed by atoms with van der Waals surface area (Å²) < 4.78 is 4.97. The molecule has 0 radical (unpaired) electrons. The summed E-state index contributed by atoms with van der Waals surface area (Å²) in [7, 11) is 3.38. The number of hydrogen-bond donors (Lipinski definition) is 2. The van der Waals surface area contributed by atoms with Gasteiger partial charge in [0.05, 0.1) is 6.54 Å². The minimum atomic E-state index is -0.0960. The summed E-state index contributed by atoms with van der Waals surface area (Å²) in [5.74, 6) is -0.186. The van der Waals surface area contributed by atoms with Gasteiger partial charge in [-0.1, -0.05) is 30.3 Å². The van der Waals surface area contributed by atoms with Crippen LogP contribution < -0.4 is 11.1 Å². The third-order valence-electron chi connectivity index (χ3n) is 4.24. The van der Waals surface area contributed by atoms with Gasteiger partial charge in [0, 0.05) is 39.4 Å². The van der Waals surface area contributed by atoms with Gasteiger partial charge in [-0.2, -0.15) is 0 Å². The number of hydrogen-bond acceptors (Lipinski definition) is 4. The standard InChI is InChI=1S/C21H27N3O3/c1-24(20(25)14-22)15-16-5-3-6-19(13-16)17-7-9-18(10-8-17)21(26)23-11-4-12-27-2/h3,5-10,13H,4,11-12,14-15,22H2,1-2H3,(H,23,26). The molecule has 0 fully saturated rings. The molecule has 0 saturated heterocycles. The van der Waals surface area contributed by atoms with Crippen LogP contribution in [-0.2, 0) is 16.1 Å². The van der Waals surface area contributed by atoms with Gasteiger partial charge in [0.25, 0.3) is 5.91 Å². The van der Waals surface area contributed by atoms with Gasteiger partial charge in [-0.25, -0.2) is 0 Å². The van der Waals surface area contributed by atoms with Gasteiger partial charge < -0.3 is 20.7 Å². The van der Waals surface area contributed by atoms with Crippen molar-refractivity contribution in [1.82, 2.24) is 10.2 Å². The van der Waals surface area contributed by atoms with Crippen LogP contribution in [0.5, 0.6) is 0 Å². The zero-order valence-electron chi connectivity index (χ0n) is 15.9. The molecule has 27 heavy (non-hydrogen) atoms. The number of nitrogens with one attached hydrogen (secondary N) is 1. The SMILES string of the molecule is COCCCNC(=O)c1ccc(-c2cccc(CN(C)C(=O)CN)c2)cc1. The third kappa shape index (κ3) is 6.20. The number of carbonyl (C=O) groups is 2. The molecule has 2 amide bonds. The van der Waals surface area contributed by atoms with Crippen LogP contribution in [0.2, 0.25) is 0 Å². The third-order valence-corrected chi connectivity index (χ3v) is 4.24. The van der Waals surface area contributed by atoms with Gasteiger partial charge >= 0.3 is 0 Å². The summed E-state index contributed by atoms with van der Waals surface area (Å²) in [6.45, 7) is 1.73. The smallest absolute Gasteiger partial charge is 0.251 e. The normalized spacial score (nSPS) is 10.5. The molecule has 6 nitrogen and oxygen atoms in total. The van der Waals surface area contributed by atoms with Crippen LogP contribution >= 0.6 is 0 Å². The van der Waals surface area contributed by atoms with Crippen molar-refractivity contribution in [3.63, 3.8) is 0 Å². The quantitative estimate of drug-likeness (QED) is 0.663. The maximum atomic E-state index is 12.1. The number of amides is 2. The van der Waals surface area contributed by atoms with E-state index in [1.807, 2.05) is 48.5 Å². The van der Waals surface area contributed by atoms with Crippen LogP contribution in [0.4, 0.5) is 0 Å². The number of methoxy groups -OCH3 is 1. The van der Waals surface area contributed by atoms with E-state index in [2.05, 4.69) is 5.32 Å². The molecular weight excluding hydrogens is 342 g/mol. The van der Waals surface area contributed by atoms with Crippen LogP contribution in [-0.4, -0.2) is 50.6 Å². The van der Waals surface area contributed by atoms with E-state index in [0.29, 0.717) is 25.3 Å². The second kappa shape index (κ2) is 10.4. The fourth-order valence-corrected chi connectivity index (χ4v) is 2.70. The molecule has 0 saturated carbocycles. The van der Waals surface area contributed by atoms with E-state index < -0.39 is 0 Å². The van der Waals surface area contributed by atoms with Crippen LogP contribution in [0, 0.1) is 0 Å². The molecule has 0 aliphatic rings. The van der Waals surface area contributed by atoms with E-state index in [0.717, 1.165) is 23.1 Å².